The molecule has 3 saturated carbocycles. The third-order valence-corrected chi connectivity index (χ3v) is 10.2. The molecular weight excluding hydrogens is 340 g/mol. The van der Waals surface area contributed by atoms with Gasteiger partial charge in [-0.2, -0.15) is 0 Å². The van der Waals surface area contributed by atoms with Crippen LogP contribution in [0.25, 0.3) is 0 Å². The van der Waals surface area contributed by atoms with Gasteiger partial charge in [0, 0.05) is 0 Å². The second kappa shape index (κ2) is 7.44. The molecule has 0 aromatic carbocycles. The van der Waals surface area contributed by atoms with Gasteiger partial charge < -0.3 is 5.11 Å². The van der Waals surface area contributed by atoms with E-state index in [0.29, 0.717) is 10.8 Å². The molecule has 3 fully saturated rings. The van der Waals surface area contributed by atoms with Crippen LogP contribution in [0, 0.1) is 40.4 Å². The molecule has 7 atom stereocenters. The second-order valence-electron chi connectivity index (χ2n) is 12.4. The molecule has 4 aliphatic carbocycles. The molecular formula is C27H46O. The van der Waals surface area contributed by atoms with Gasteiger partial charge in [0.1, 0.15) is 0 Å². The molecule has 1 nitrogen and oxygen atoms in total. The van der Waals surface area contributed by atoms with Crippen molar-refractivity contribution in [1.29, 1.82) is 0 Å². The van der Waals surface area contributed by atoms with E-state index in [9.17, 15) is 5.11 Å². The first-order valence-electron chi connectivity index (χ1n) is 12.6. The summed E-state index contributed by atoms with van der Waals surface area (Å²) in [5.74, 6) is 4.59. The Bertz CT molecular complexity index is 601. The van der Waals surface area contributed by atoms with E-state index in [-0.39, 0.29) is 0 Å². The van der Waals surface area contributed by atoms with Crippen LogP contribution in [0.3, 0.4) is 0 Å². The molecule has 1 N–H and O–H groups in total. The summed E-state index contributed by atoms with van der Waals surface area (Å²) in [5, 5.41) is 10.6. The minimum atomic E-state index is -0.462. The van der Waals surface area contributed by atoms with Gasteiger partial charge in [0.25, 0.3) is 0 Å². The van der Waals surface area contributed by atoms with Crippen molar-refractivity contribution < 1.29 is 5.11 Å². The number of aliphatic hydroxyl groups is 1. The van der Waals surface area contributed by atoms with Crippen molar-refractivity contribution in [2.75, 3.05) is 0 Å². The zero-order valence-electron chi connectivity index (χ0n) is 19.4. The van der Waals surface area contributed by atoms with E-state index in [4.69, 9.17) is 0 Å². The molecule has 0 unspecified atom stereocenters. The Morgan fingerprint density at radius 2 is 1.79 bits per heavy atom. The van der Waals surface area contributed by atoms with Crippen LogP contribution in [0.2, 0.25) is 0 Å². The van der Waals surface area contributed by atoms with Crippen LogP contribution < -0.4 is 0 Å². The SMILES string of the molecule is CC(C)CCCC[C@H]1CC[C@H]2[C@@H]3CC=C4C[C@@](C)(O)CC[C@]4(C)[C@H]3CC[C@]12C. The number of fused-ring (bicyclic) bond motifs is 5. The standard InChI is InChI=1S/C27H46O/c1-19(2)8-6-7-9-20-11-13-23-22-12-10-21-18-25(3,28)16-17-27(21,5)24(22)14-15-26(20,23)4/h10,19-20,22-24,28H,6-9,11-18H2,1-5H3/t20-,22-,23-,24-,25-,26+,27-/m0/s1. The molecule has 4 aliphatic rings. The summed E-state index contributed by atoms with van der Waals surface area (Å²) in [6.45, 7) is 12.0. The van der Waals surface area contributed by atoms with Crippen LogP contribution in [0.1, 0.15) is 112 Å². The van der Waals surface area contributed by atoms with Gasteiger partial charge in [-0.25, -0.2) is 0 Å². The fourth-order valence-electron chi connectivity index (χ4n) is 8.33. The predicted molar refractivity (Wildman–Crippen MR) is 119 cm³/mol. The third kappa shape index (κ3) is 3.52. The van der Waals surface area contributed by atoms with Crippen LogP contribution >= 0.6 is 0 Å². The lowest BCUT2D eigenvalue weighted by atomic mass is 9.46. The molecule has 4 rings (SSSR count). The Morgan fingerprint density at radius 3 is 2.54 bits per heavy atom. The quantitative estimate of drug-likeness (QED) is 0.382. The van der Waals surface area contributed by atoms with E-state index in [0.717, 1.165) is 42.4 Å². The average Bonchev–Trinajstić information content (AvgIpc) is 2.95. The van der Waals surface area contributed by atoms with Gasteiger partial charge >= 0.3 is 0 Å². The summed E-state index contributed by atoms with van der Waals surface area (Å²) in [7, 11) is 0. The van der Waals surface area contributed by atoms with Crippen LogP contribution in [0.15, 0.2) is 11.6 Å². The Labute approximate surface area is 174 Å². The number of allylic oxidation sites excluding steroid dienone is 1. The van der Waals surface area contributed by atoms with Crippen LogP contribution in [0.4, 0.5) is 0 Å². The van der Waals surface area contributed by atoms with Crippen LogP contribution in [0.5, 0.6) is 0 Å². The maximum Gasteiger partial charge on any atom is 0.0657 e. The molecule has 1 heteroatoms. The van der Waals surface area contributed by atoms with E-state index >= 15 is 0 Å². The van der Waals surface area contributed by atoms with Crippen molar-refractivity contribution in [2.24, 2.45) is 40.4 Å². The molecule has 0 aromatic heterocycles. The fourth-order valence-corrected chi connectivity index (χ4v) is 8.33. The topological polar surface area (TPSA) is 20.2 Å². The van der Waals surface area contributed by atoms with E-state index in [1.807, 2.05) is 0 Å². The van der Waals surface area contributed by atoms with Gasteiger partial charge in [-0.15, -0.1) is 0 Å². The lowest BCUT2D eigenvalue weighted by Crippen LogP contribution is -2.51. The van der Waals surface area contributed by atoms with Crippen molar-refractivity contribution in [3.63, 3.8) is 0 Å². The Kier molecular flexibility index (Phi) is 5.56. The van der Waals surface area contributed by atoms with Crippen molar-refractivity contribution in [3.05, 3.63) is 11.6 Å². The highest BCUT2D eigenvalue weighted by molar-refractivity contribution is 5.26. The van der Waals surface area contributed by atoms with E-state index in [1.165, 1.54) is 64.2 Å². The van der Waals surface area contributed by atoms with Gasteiger partial charge in [-0.1, -0.05) is 58.6 Å². The van der Waals surface area contributed by atoms with Gasteiger partial charge in [-0.05, 0) is 105 Å². The number of hydrogen-bond acceptors (Lipinski definition) is 1. The van der Waals surface area contributed by atoms with Crippen molar-refractivity contribution in [3.8, 4) is 0 Å². The minimum Gasteiger partial charge on any atom is -0.390 e. The summed E-state index contributed by atoms with van der Waals surface area (Å²) >= 11 is 0. The van der Waals surface area contributed by atoms with Crippen LogP contribution in [-0.4, -0.2) is 10.7 Å². The fraction of sp³-hybridized carbons (Fsp3) is 0.926. The predicted octanol–water partition coefficient (Wildman–Crippen LogP) is 7.53. The summed E-state index contributed by atoms with van der Waals surface area (Å²) < 4.78 is 0. The number of hydrogen-bond donors (Lipinski definition) is 1. The smallest absolute Gasteiger partial charge is 0.0657 e. The van der Waals surface area contributed by atoms with Crippen LogP contribution in [-0.2, 0) is 0 Å². The first kappa shape index (κ1) is 21.0. The zero-order valence-corrected chi connectivity index (χ0v) is 19.4. The van der Waals surface area contributed by atoms with Crippen molar-refractivity contribution in [2.45, 2.75) is 117 Å². The van der Waals surface area contributed by atoms with Crippen molar-refractivity contribution >= 4 is 0 Å². The Morgan fingerprint density at radius 1 is 1.00 bits per heavy atom. The monoisotopic (exact) mass is 386 g/mol. The number of unbranched alkanes of at least 4 members (excludes halogenated alkanes) is 1. The molecule has 160 valence electrons. The van der Waals surface area contributed by atoms with Gasteiger partial charge in [0.2, 0.25) is 0 Å². The average molecular weight is 387 g/mol. The Hall–Kier alpha value is -0.300. The molecule has 28 heavy (non-hydrogen) atoms. The highest BCUT2D eigenvalue weighted by Crippen LogP contribution is 2.67. The number of rotatable bonds is 5. The Balaban J connectivity index is 1.47. The molecule has 0 aromatic rings. The third-order valence-electron chi connectivity index (χ3n) is 10.2. The molecule has 0 spiro atoms. The summed E-state index contributed by atoms with van der Waals surface area (Å²) in [6, 6.07) is 0. The normalized spacial score (nSPS) is 48.0. The van der Waals surface area contributed by atoms with E-state index < -0.39 is 5.60 Å². The van der Waals surface area contributed by atoms with E-state index in [1.54, 1.807) is 5.57 Å². The summed E-state index contributed by atoms with van der Waals surface area (Å²) in [4.78, 5) is 0. The van der Waals surface area contributed by atoms with E-state index in [2.05, 4.69) is 40.7 Å². The molecule has 0 radical (unpaired) electrons. The highest BCUT2D eigenvalue weighted by Gasteiger charge is 2.58. The lowest BCUT2D eigenvalue weighted by Gasteiger charge is -2.59. The first-order chi connectivity index (χ1) is 13.2. The van der Waals surface area contributed by atoms with Gasteiger partial charge in [0.15, 0.2) is 0 Å². The maximum absolute atomic E-state index is 10.6. The second-order valence-corrected chi connectivity index (χ2v) is 12.4. The molecule has 0 aliphatic heterocycles. The summed E-state index contributed by atoms with van der Waals surface area (Å²) in [6.07, 6.45) is 18.7. The van der Waals surface area contributed by atoms with Gasteiger partial charge in [-0.3, -0.25) is 0 Å². The molecule has 0 heterocycles. The minimum absolute atomic E-state index is 0.377. The maximum atomic E-state index is 10.6. The molecule has 0 saturated heterocycles. The summed E-state index contributed by atoms with van der Waals surface area (Å²) in [5.41, 5.74) is 2.13. The molecule has 0 amide bonds. The van der Waals surface area contributed by atoms with Gasteiger partial charge in [0.05, 0.1) is 5.60 Å². The van der Waals surface area contributed by atoms with Crippen molar-refractivity contribution in [1.82, 2.24) is 0 Å². The first-order valence-corrected chi connectivity index (χ1v) is 12.6. The molecule has 0 bridgehead atoms. The largest absolute Gasteiger partial charge is 0.390 e. The zero-order chi connectivity index (χ0) is 20.2. The lowest BCUT2D eigenvalue weighted by molar-refractivity contribution is -0.0661. The highest BCUT2D eigenvalue weighted by atomic mass is 16.3.